The Labute approximate surface area is 79.5 Å². The summed E-state index contributed by atoms with van der Waals surface area (Å²) in [5.74, 6) is -2.20. The highest BCUT2D eigenvalue weighted by molar-refractivity contribution is 7.46. The normalized spacial score (nSPS) is 25.6. The van der Waals surface area contributed by atoms with Crippen LogP contribution in [-0.4, -0.2) is 34.8 Å². The maximum absolute atomic E-state index is 10.6. The number of phosphoric ester groups is 1. The summed E-state index contributed by atoms with van der Waals surface area (Å²) in [6.07, 6.45) is 0.924. The molecule has 1 heterocycles. The van der Waals surface area contributed by atoms with E-state index in [1.165, 1.54) is 0 Å². The molecule has 0 aliphatic carbocycles. The minimum atomic E-state index is -4.64. The van der Waals surface area contributed by atoms with Gasteiger partial charge in [0.25, 0.3) is 0 Å². The summed E-state index contributed by atoms with van der Waals surface area (Å²) in [5, 5.41) is 0. The molecule has 0 spiro atoms. The van der Waals surface area contributed by atoms with Gasteiger partial charge in [-0.1, -0.05) is 6.58 Å². The molecule has 0 radical (unpaired) electrons. The van der Waals surface area contributed by atoms with Crippen LogP contribution < -0.4 is 0 Å². The zero-order chi connectivity index (χ0) is 10.8. The molecule has 1 aliphatic rings. The highest BCUT2D eigenvalue weighted by Gasteiger charge is 2.52. The molecule has 80 valence electrons. The average Bonchev–Trinajstić information content (AvgIpc) is 2.78. The van der Waals surface area contributed by atoms with Gasteiger partial charge in [0.2, 0.25) is 5.79 Å². The number of esters is 1. The zero-order valence-corrected chi connectivity index (χ0v) is 7.98. The number of hydrogen-bond acceptors (Lipinski definition) is 5. The first-order valence-electron chi connectivity index (χ1n) is 3.56. The largest absolute Gasteiger partial charge is 0.472 e. The summed E-state index contributed by atoms with van der Waals surface area (Å²) >= 11 is 0. The second kappa shape index (κ2) is 3.80. The number of phosphoric acid groups is 1. The fourth-order valence-corrected chi connectivity index (χ4v) is 1.29. The number of ether oxygens (including phenoxy) is 2. The van der Waals surface area contributed by atoms with Crippen molar-refractivity contribution in [1.29, 1.82) is 0 Å². The summed E-state index contributed by atoms with van der Waals surface area (Å²) in [7, 11) is -4.64. The predicted molar refractivity (Wildman–Crippen MR) is 43.0 cm³/mol. The third-order valence-electron chi connectivity index (χ3n) is 1.35. The molecule has 14 heavy (non-hydrogen) atoms. The van der Waals surface area contributed by atoms with E-state index in [2.05, 4.69) is 20.6 Å². The van der Waals surface area contributed by atoms with Crippen molar-refractivity contribution >= 4 is 13.8 Å². The lowest BCUT2D eigenvalue weighted by Gasteiger charge is -2.12. The number of hydrogen-bond donors (Lipinski definition) is 2. The molecule has 0 aromatic carbocycles. The molecule has 0 aromatic rings. The Balaban J connectivity index is 2.40. The number of carbonyl (C=O) groups excluding carboxylic acids is 1. The van der Waals surface area contributed by atoms with E-state index in [-0.39, 0.29) is 13.2 Å². The zero-order valence-electron chi connectivity index (χ0n) is 7.08. The topological polar surface area (TPSA) is 106 Å². The number of rotatable bonds is 5. The molecule has 0 bridgehead atoms. The first-order chi connectivity index (χ1) is 6.37. The van der Waals surface area contributed by atoms with Crippen molar-refractivity contribution in [3.63, 3.8) is 0 Å². The third-order valence-corrected chi connectivity index (χ3v) is 1.92. The van der Waals surface area contributed by atoms with Gasteiger partial charge in [-0.3, -0.25) is 0 Å². The smallest absolute Gasteiger partial charge is 0.457 e. The molecule has 7 nitrogen and oxygen atoms in total. The van der Waals surface area contributed by atoms with E-state index in [1.807, 2.05) is 0 Å². The van der Waals surface area contributed by atoms with Crippen molar-refractivity contribution in [1.82, 2.24) is 0 Å². The van der Waals surface area contributed by atoms with Gasteiger partial charge < -0.3 is 19.3 Å². The Morgan fingerprint density at radius 1 is 1.71 bits per heavy atom. The van der Waals surface area contributed by atoms with Gasteiger partial charge in [0.1, 0.15) is 13.2 Å². The molecule has 8 heteroatoms. The Kier molecular flexibility index (Phi) is 3.08. The van der Waals surface area contributed by atoms with Gasteiger partial charge in [-0.25, -0.2) is 13.9 Å². The van der Waals surface area contributed by atoms with E-state index in [0.29, 0.717) is 0 Å². The van der Waals surface area contributed by atoms with Crippen molar-refractivity contribution in [3.05, 3.63) is 12.7 Å². The highest BCUT2D eigenvalue weighted by Crippen LogP contribution is 2.47. The quantitative estimate of drug-likeness (QED) is 0.282. The molecule has 1 atom stereocenters. The lowest BCUT2D eigenvalue weighted by molar-refractivity contribution is -0.144. The van der Waals surface area contributed by atoms with Crippen LogP contribution in [0.15, 0.2) is 12.7 Å². The molecule has 2 N–H and O–H groups in total. The molecule has 0 amide bonds. The maximum Gasteiger partial charge on any atom is 0.472 e. The predicted octanol–water partition coefficient (Wildman–Crippen LogP) is -0.449. The van der Waals surface area contributed by atoms with Gasteiger partial charge >= 0.3 is 13.8 Å². The number of carbonyl (C=O) groups is 1. The van der Waals surface area contributed by atoms with Gasteiger partial charge in [0, 0.05) is 6.08 Å². The fraction of sp³-hybridized carbons (Fsp3) is 0.500. The first kappa shape index (κ1) is 11.4. The van der Waals surface area contributed by atoms with Crippen molar-refractivity contribution < 1.29 is 33.1 Å². The molecular formula is C6H9O7P. The maximum atomic E-state index is 10.6. The molecular weight excluding hydrogens is 215 g/mol. The van der Waals surface area contributed by atoms with Crippen LogP contribution in [0.2, 0.25) is 0 Å². The number of epoxide rings is 1. The van der Waals surface area contributed by atoms with Gasteiger partial charge in [-0.2, -0.15) is 0 Å². The van der Waals surface area contributed by atoms with E-state index < -0.39 is 19.6 Å². The van der Waals surface area contributed by atoms with Crippen LogP contribution in [0.25, 0.3) is 0 Å². The Hall–Kier alpha value is -0.720. The molecule has 0 saturated carbocycles. The van der Waals surface area contributed by atoms with E-state index in [0.717, 1.165) is 6.08 Å². The fourth-order valence-electron chi connectivity index (χ4n) is 0.700. The van der Waals surface area contributed by atoms with Crippen molar-refractivity contribution in [2.45, 2.75) is 5.79 Å². The summed E-state index contributed by atoms with van der Waals surface area (Å²) in [6, 6.07) is 0. The summed E-state index contributed by atoms with van der Waals surface area (Å²) in [6.45, 7) is 2.75. The van der Waals surface area contributed by atoms with Gasteiger partial charge in [-0.05, 0) is 0 Å². The monoisotopic (exact) mass is 224 g/mol. The van der Waals surface area contributed by atoms with Crippen LogP contribution in [0.3, 0.4) is 0 Å². The van der Waals surface area contributed by atoms with Gasteiger partial charge in [-0.15, -0.1) is 0 Å². The average molecular weight is 224 g/mol. The van der Waals surface area contributed by atoms with Gasteiger partial charge in [0.15, 0.2) is 0 Å². The minimum absolute atomic E-state index is 0.0253. The molecule has 1 aliphatic heterocycles. The van der Waals surface area contributed by atoms with Crippen LogP contribution in [0.5, 0.6) is 0 Å². The molecule has 1 unspecified atom stereocenters. The standard InChI is InChI=1S/C6H9O7P/c1-2-5(7)11-3-6(4-12-6)13-14(8,9)10/h2H,1,3-4H2,(H2,8,9,10). The summed E-state index contributed by atoms with van der Waals surface area (Å²) in [4.78, 5) is 27.5. The second-order valence-electron chi connectivity index (χ2n) is 2.59. The van der Waals surface area contributed by atoms with E-state index in [4.69, 9.17) is 9.79 Å². The molecule has 0 aromatic heterocycles. The molecule has 1 fully saturated rings. The SMILES string of the molecule is C=CC(=O)OCC1(OP(=O)(O)O)CO1. The van der Waals surface area contributed by atoms with Crippen LogP contribution in [0.4, 0.5) is 0 Å². The van der Waals surface area contributed by atoms with E-state index in [1.54, 1.807) is 0 Å². The highest BCUT2D eigenvalue weighted by atomic mass is 31.2. The molecule has 1 saturated heterocycles. The van der Waals surface area contributed by atoms with Crippen molar-refractivity contribution in [2.75, 3.05) is 13.2 Å². The second-order valence-corrected chi connectivity index (χ2v) is 3.76. The third kappa shape index (κ3) is 3.57. The van der Waals surface area contributed by atoms with E-state index in [9.17, 15) is 9.36 Å². The van der Waals surface area contributed by atoms with E-state index >= 15 is 0 Å². The lowest BCUT2D eigenvalue weighted by atomic mass is 10.4. The van der Waals surface area contributed by atoms with Gasteiger partial charge in [0.05, 0.1) is 0 Å². The van der Waals surface area contributed by atoms with Crippen LogP contribution >= 0.6 is 7.82 Å². The summed E-state index contributed by atoms with van der Waals surface area (Å²) < 4.78 is 23.9. The van der Waals surface area contributed by atoms with Crippen LogP contribution in [-0.2, 0) is 23.4 Å². The molecule has 1 rings (SSSR count). The lowest BCUT2D eigenvalue weighted by Crippen LogP contribution is -2.23. The van der Waals surface area contributed by atoms with Crippen molar-refractivity contribution in [2.24, 2.45) is 0 Å². The van der Waals surface area contributed by atoms with Crippen molar-refractivity contribution in [3.8, 4) is 0 Å². The van der Waals surface area contributed by atoms with Crippen LogP contribution in [0, 0.1) is 0 Å². The summed E-state index contributed by atoms with van der Waals surface area (Å²) in [5.41, 5.74) is 0. The van der Waals surface area contributed by atoms with Crippen LogP contribution in [0.1, 0.15) is 0 Å². The Morgan fingerprint density at radius 2 is 2.29 bits per heavy atom. The Bertz CT molecular complexity index is 289. The Morgan fingerprint density at radius 3 is 2.64 bits per heavy atom. The minimum Gasteiger partial charge on any atom is -0.457 e. The first-order valence-corrected chi connectivity index (χ1v) is 5.09.